The molecule has 11 heavy (non-hydrogen) atoms. The van der Waals surface area contributed by atoms with Gasteiger partial charge in [0.2, 0.25) is 0 Å². The van der Waals surface area contributed by atoms with E-state index in [0.717, 1.165) is 12.8 Å². The molecule has 68 valence electrons. The fraction of sp³-hybridized carbons (Fsp3) is 1.00. The molecule has 0 amide bonds. The van der Waals surface area contributed by atoms with Gasteiger partial charge in [0.05, 0.1) is 6.10 Å². The van der Waals surface area contributed by atoms with Crippen molar-refractivity contribution < 1.29 is 5.11 Å². The van der Waals surface area contributed by atoms with Crippen molar-refractivity contribution in [1.29, 1.82) is 0 Å². The summed E-state index contributed by atoms with van der Waals surface area (Å²) in [5.41, 5.74) is 0.343. The van der Waals surface area contributed by atoms with E-state index in [1.807, 2.05) is 6.92 Å². The van der Waals surface area contributed by atoms with Crippen LogP contribution in [0.5, 0.6) is 0 Å². The molecule has 0 spiro atoms. The molecule has 0 radical (unpaired) electrons. The average molecular weight is 158 g/mol. The second kappa shape index (κ2) is 4.10. The number of aliphatic hydroxyl groups excluding tert-OH is 1. The molecule has 1 heteroatoms. The van der Waals surface area contributed by atoms with Gasteiger partial charge in [0.15, 0.2) is 0 Å². The highest BCUT2D eigenvalue weighted by Gasteiger charge is 2.19. The topological polar surface area (TPSA) is 20.2 Å². The Morgan fingerprint density at radius 1 is 1.27 bits per heavy atom. The molecular formula is C10H22O. The summed E-state index contributed by atoms with van der Waals surface area (Å²) in [4.78, 5) is 0. The summed E-state index contributed by atoms with van der Waals surface area (Å²) in [6.45, 7) is 10.8. The minimum absolute atomic E-state index is 0.116. The van der Waals surface area contributed by atoms with Crippen molar-refractivity contribution in [3.63, 3.8) is 0 Å². The Hall–Kier alpha value is -0.0400. The molecule has 2 unspecified atom stereocenters. The van der Waals surface area contributed by atoms with Crippen LogP contribution in [0.4, 0.5) is 0 Å². The standard InChI is InChI=1S/C10H22O/c1-6-9(11)8(2)7-10(3,4)5/h8-9,11H,6-7H2,1-5H3. The Morgan fingerprint density at radius 2 is 1.73 bits per heavy atom. The lowest BCUT2D eigenvalue weighted by Crippen LogP contribution is -2.21. The Bertz CT molecular complexity index is 102. The zero-order valence-corrected chi connectivity index (χ0v) is 8.52. The molecule has 0 saturated carbocycles. The SMILES string of the molecule is CCC(O)C(C)CC(C)(C)C. The highest BCUT2D eigenvalue weighted by molar-refractivity contribution is 4.70. The molecule has 0 saturated heterocycles. The molecule has 0 fully saturated rings. The van der Waals surface area contributed by atoms with E-state index in [1.54, 1.807) is 0 Å². The number of rotatable bonds is 3. The van der Waals surface area contributed by atoms with E-state index in [9.17, 15) is 5.11 Å². The van der Waals surface area contributed by atoms with Gasteiger partial charge in [-0.25, -0.2) is 0 Å². The maximum absolute atomic E-state index is 9.49. The van der Waals surface area contributed by atoms with Gasteiger partial charge in [-0.2, -0.15) is 0 Å². The quantitative estimate of drug-likeness (QED) is 0.669. The van der Waals surface area contributed by atoms with Gasteiger partial charge in [-0.3, -0.25) is 0 Å². The first kappa shape index (κ1) is 11.0. The van der Waals surface area contributed by atoms with Crippen LogP contribution in [0.1, 0.15) is 47.5 Å². The number of hydrogen-bond acceptors (Lipinski definition) is 1. The summed E-state index contributed by atoms with van der Waals surface area (Å²) >= 11 is 0. The average Bonchev–Trinajstić information content (AvgIpc) is 1.82. The molecule has 0 aromatic rings. The first-order valence-corrected chi connectivity index (χ1v) is 4.55. The van der Waals surface area contributed by atoms with Crippen LogP contribution < -0.4 is 0 Å². The minimum Gasteiger partial charge on any atom is -0.393 e. The predicted molar refractivity (Wildman–Crippen MR) is 49.5 cm³/mol. The van der Waals surface area contributed by atoms with Crippen molar-refractivity contribution in [2.75, 3.05) is 0 Å². The van der Waals surface area contributed by atoms with Crippen molar-refractivity contribution in [1.82, 2.24) is 0 Å². The third kappa shape index (κ3) is 5.25. The van der Waals surface area contributed by atoms with E-state index in [4.69, 9.17) is 0 Å². The van der Waals surface area contributed by atoms with Crippen LogP contribution in [0, 0.1) is 11.3 Å². The van der Waals surface area contributed by atoms with Gasteiger partial charge >= 0.3 is 0 Å². The van der Waals surface area contributed by atoms with E-state index in [1.165, 1.54) is 0 Å². The van der Waals surface area contributed by atoms with Gasteiger partial charge < -0.3 is 5.11 Å². The van der Waals surface area contributed by atoms with Crippen LogP contribution >= 0.6 is 0 Å². The second-order valence-electron chi connectivity index (χ2n) is 4.72. The third-order valence-corrected chi connectivity index (χ3v) is 2.01. The fourth-order valence-corrected chi connectivity index (χ4v) is 1.50. The molecule has 0 aromatic carbocycles. The van der Waals surface area contributed by atoms with Gasteiger partial charge in [-0.15, -0.1) is 0 Å². The minimum atomic E-state index is -0.116. The van der Waals surface area contributed by atoms with E-state index in [2.05, 4.69) is 27.7 Å². The van der Waals surface area contributed by atoms with Gasteiger partial charge in [0, 0.05) is 0 Å². The normalized spacial score (nSPS) is 18.0. The number of aliphatic hydroxyl groups is 1. The summed E-state index contributed by atoms with van der Waals surface area (Å²) < 4.78 is 0. The largest absolute Gasteiger partial charge is 0.393 e. The zero-order valence-electron chi connectivity index (χ0n) is 8.52. The summed E-state index contributed by atoms with van der Waals surface area (Å²) in [7, 11) is 0. The summed E-state index contributed by atoms with van der Waals surface area (Å²) in [5, 5.41) is 9.49. The lowest BCUT2D eigenvalue weighted by Gasteiger charge is -2.26. The number of hydrogen-bond donors (Lipinski definition) is 1. The zero-order chi connectivity index (χ0) is 9.07. The molecule has 0 aromatic heterocycles. The Balaban J connectivity index is 3.77. The monoisotopic (exact) mass is 158 g/mol. The van der Waals surface area contributed by atoms with Crippen LogP contribution in [0.3, 0.4) is 0 Å². The van der Waals surface area contributed by atoms with Gasteiger partial charge in [-0.05, 0) is 24.2 Å². The highest BCUT2D eigenvalue weighted by atomic mass is 16.3. The molecule has 1 N–H and O–H groups in total. The maximum Gasteiger partial charge on any atom is 0.0563 e. The maximum atomic E-state index is 9.49. The van der Waals surface area contributed by atoms with Crippen molar-refractivity contribution in [3.8, 4) is 0 Å². The molecule has 0 aliphatic rings. The molecule has 1 nitrogen and oxygen atoms in total. The van der Waals surface area contributed by atoms with Crippen LogP contribution in [-0.4, -0.2) is 11.2 Å². The highest BCUT2D eigenvalue weighted by Crippen LogP contribution is 2.26. The van der Waals surface area contributed by atoms with Gasteiger partial charge in [-0.1, -0.05) is 34.6 Å². The van der Waals surface area contributed by atoms with Crippen LogP contribution in [0.2, 0.25) is 0 Å². The van der Waals surface area contributed by atoms with Crippen molar-refractivity contribution >= 4 is 0 Å². The summed E-state index contributed by atoms with van der Waals surface area (Å²) in [6.07, 6.45) is 1.86. The van der Waals surface area contributed by atoms with Crippen molar-refractivity contribution in [2.24, 2.45) is 11.3 Å². The fourth-order valence-electron chi connectivity index (χ4n) is 1.50. The van der Waals surface area contributed by atoms with Crippen LogP contribution in [0.25, 0.3) is 0 Å². The third-order valence-electron chi connectivity index (χ3n) is 2.01. The lowest BCUT2D eigenvalue weighted by molar-refractivity contribution is 0.0878. The molecular weight excluding hydrogens is 136 g/mol. The first-order valence-electron chi connectivity index (χ1n) is 4.55. The summed E-state index contributed by atoms with van der Waals surface area (Å²) in [6, 6.07) is 0. The van der Waals surface area contributed by atoms with Gasteiger partial charge in [0.25, 0.3) is 0 Å². The van der Waals surface area contributed by atoms with Gasteiger partial charge in [0.1, 0.15) is 0 Å². The lowest BCUT2D eigenvalue weighted by atomic mass is 9.83. The summed E-state index contributed by atoms with van der Waals surface area (Å²) in [5.74, 6) is 0.431. The molecule has 0 bridgehead atoms. The van der Waals surface area contributed by atoms with Crippen LogP contribution in [0.15, 0.2) is 0 Å². The molecule has 2 atom stereocenters. The molecule has 0 rings (SSSR count). The van der Waals surface area contributed by atoms with Crippen LogP contribution in [-0.2, 0) is 0 Å². The van der Waals surface area contributed by atoms with E-state index in [0.29, 0.717) is 11.3 Å². The Morgan fingerprint density at radius 3 is 2.00 bits per heavy atom. The van der Waals surface area contributed by atoms with Crippen molar-refractivity contribution in [2.45, 2.75) is 53.6 Å². The first-order chi connectivity index (χ1) is 4.87. The molecule has 0 aliphatic carbocycles. The van der Waals surface area contributed by atoms with E-state index < -0.39 is 0 Å². The second-order valence-corrected chi connectivity index (χ2v) is 4.72. The molecule has 0 aliphatic heterocycles. The van der Waals surface area contributed by atoms with Crippen molar-refractivity contribution in [3.05, 3.63) is 0 Å². The smallest absolute Gasteiger partial charge is 0.0563 e. The van der Waals surface area contributed by atoms with E-state index in [-0.39, 0.29) is 6.10 Å². The molecule has 0 heterocycles. The van der Waals surface area contributed by atoms with E-state index >= 15 is 0 Å². The predicted octanol–water partition coefficient (Wildman–Crippen LogP) is 2.83. The Labute approximate surface area is 70.8 Å². The Kier molecular flexibility index (Phi) is 4.09.